The molecular weight excluding hydrogens is 361 g/mol. The van der Waals surface area contributed by atoms with Crippen LogP contribution in [-0.4, -0.2) is 12.5 Å². The number of rotatable bonds is 6. The SMILES string of the molecule is CCOc1ccc(N/C=C(/C#N)C(=O)Nc2ccc(Cl)c(Cl)c2)cc1. The van der Waals surface area contributed by atoms with Gasteiger partial charge in [-0.25, -0.2) is 0 Å². The maximum atomic E-state index is 12.2. The van der Waals surface area contributed by atoms with Gasteiger partial charge >= 0.3 is 0 Å². The van der Waals surface area contributed by atoms with Crippen LogP contribution >= 0.6 is 23.2 Å². The van der Waals surface area contributed by atoms with Crippen molar-refractivity contribution in [1.82, 2.24) is 0 Å². The number of carbonyl (C=O) groups is 1. The summed E-state index contributed by atoms with van der Waals surface area (Å²) in [6.45, 7) is 2.49. The van der Waals surface area contributed by atoms with Gasteiger partial charge in [-0.05, 0) is 49.4 Å². The van der Waals surface area contributed by atoms with Gasteiger partial charge in [-0.3, -0.25) is 4.79 Å². The number of hydrogen-bond donors (Lipinski definition) is 2. The number of carbonyl (C=O) groups excluding carboxylic acids is 1. The molecule has 2 aromatic carbocycles. The standard InChI is InChI=1S/C18H15Cl2N3O2/c1-2-25-15-6-3-13(4-7-15)22-11-12(10-21)18(24)23-14-5-8-16(19)17(20)9-14/h3-9,11,22H,2H2,1H3,(H,23,24)/b12-11-. The fraction of sp³-hybridized carbons (Fsp3) is 0.111. The first kappa shape index (κ1) is 18.7. The Morgan fingerprint density at radius 1 is 1.16 bits per heavy atom. The molecule has 0 spiro atoms. The van der Waals surface area contributed by atoms with Crippen LogP contribution in [0.4, 0.5) is 11.4 Å². The monoisotopic (exact) mass is 375 g/mol. The number of nitriles is 1. The van der Waals surface area contributed by atoms with Gasteiger partial charge in [0.25, 0.3) is 5.91 Å². The summed E-state index contributed by atoms with van der Waals surface area (Å²) < 4.78 is 5.35. The predicted molar refractivity (Wildman–Crippen MR) is 100 cm³/mol. The molecule has 0 aliphatic rings. The molecular formula is C18H15Cl2N3O2. The molecule has 0 unspecified atom stereocenters. The molecule has 2 rings (SSSR count). The van der Waals surface area contributed by atoms with Crippen molar-refractivity contribution in [3.05, 3.63) is 64.3 Å². The van der Waals surface area contributed by atoms with E-state index in [2.05, 4.69) is 10.6 Å². The molecule has 2 N–H and O–H groups in total. The minimum absolute atomic E-state index is 0.0834. The predicted octanol–water partition coefficient (Wildman–Crippen LogP) is 4.85. The third-order valence-corrected chi connectivity index (χ3v) is 3.83. The molecule has 0 aliphatic carbocycles. The number of hydrogen-bond acceptors (Lipinski definition) is 4. The van der Waals surface area contributed by atoms with E-state index in [0.717, 1.165) is 11.4 Å². The summed E-state index contributed by atoms with van der Waals surface area (Å²) in [6.07, 6.45) is 1.34. The van der Waals surface area contributed by atoms with Crippen LogP contribution in [0.2, 0.25) is 10.0 Å². The third kappa shape index (κ3) is 5.42. The molecule has 0 bridgehead atoms. The molecule has 0 aromatic heterocycles. The van der Waals surface area contributed by atoms with Crippen molar-refractivity contribution >= 4 is 40.5 Å². The maximum Gasteiger partial charge on any atom is 0.267 e. The second-order valence-corrected chi connectivity index (χ2v) is 5.67. The van der Waals surface area contributed by atoms with E-state index in [9.17, 15) is 10.1 Å². The highest BCUT2D eigenvalue weighted by Crippen LogP contribution is 2.25. The normalized spacial score (nSPS) is 10.7. The first-order valence-corrected chi connectivity index (χ1v) is 8.15. The van der Waals surface area contributed by atoms with Crippen molar-refractivity contribution < 1.29 is 9.53 Å². The van der Waals surface area contributed by atoms with Gasteiger partial charge in [-0.15, -0.1) is 0 Å². The van der Waals surface area contributed by atoms with Gasteiger partial charge in [-0.1, -0.05) is 23.2 Å². The molecule has 0 saturated heterocycles. The van der Waals surface area contributed by atoms with Gasteiger partial charge in [-0.2, -0.15) is 5.26 Å². The molecule has 128 valence electrons. The first-order valence-electron chi connectivity index (χ1n) is 7.39. The number of nitrogens with zero attached hydrogens (tertiary/aromatic N) is 1. The summed E-state index contributed by atoms with van der Waals surface area (Å²) in [4.78, 5) is 12.2. The van der Waals surface area contributed by atoms with Gasteiger partial charge in [0.15, 0.2) is 0 Å². The summed E-state index contributed by atoms with van der Waals surface area (Å²) in [6, 6.07) is 13.7. The number of nitrogens with one attached hydrogen (secondary N) is 2. The fourth-order valence-corrected chi connectivity index (χ4v) is 2.19. The van der Waals surface area contributed by atoms with Crippen molar-refractivity contribution in [2.24, 2.45) is 0 Å². The van der Waals surface area contributed by atoms with Crippen molar-refractivity contribution in [1.29, 1.82) is 5.26 Å². The summed E-state index contributed by atoms with van der Waals surface area (Å²) in [5, 5.41) is 15.4. The smallest absolute Gasteiger partial charge is 0.267 e. The Labute approximate surface area is 155 Å². The summed E-state index contributed by atoms with van der Waals surface area (Å²) >= 11 is 11.7. The van der Waals surface area contributed by atoms with Crippen LogP contribution in [0, 0.1) is 11.3 Å². The summed E-state index contributed by atoms with van der Waals surface area (Å²) in [7, 11) is 0. The zero-order chi connectivity index (χ0) is 18.2. The quantitative estimate of drug-likeness (QED) is 0.558. The molecule has 0 radical (unpaired) electrons. The lowest BCUT2D eigenvalue weighted by atomic mass is 10.2. The molecule has 25 heavy (non-hydrogen) atoms. The van der Waals surface area contributed by atoms with Crippen LogP contribution in [0.25, 0.3) is 0 Å². The van der Waals surface area contributed by atoms with E-state index in [0.29, 0.717) is 22.3 Å². The van der Waals surface area contributed by atoms with E-state index in [1.54, 1.807) is 36.4 Å². The molecule has 0 saturated carbocycles. The van der Waals surface area contributed by atoms with Crippen LogP contribution < -0.4 is 15.4 Å². The highest BCUT2D eigenvalue weighted by molar-refractivity contribution is 6.42. The minimum atomic E-state index is -0.556. The summed E-state index contributed by atoms with van der Waals surface area (Å²) in [5.74, 6) is 0.189. The molecule has 0 fully saturated rings. The van der Waals surface area contributed by atoms with E-state index in [-0.39, 0.29) is 5.57 Å². The second-order valence-electron chi connectivity index (χ2n) is 4.85. The Morgan fingerprint density at radius 3 is 2.44 bits per heavy atom. The number of anilines is 2. The van der Waals surface area contributed by atoms with Gasteiger partial charge in [0.2, 0.25) is 0 Å². The van der Waals surface area contributed by atoms with Gasteiger partial charge in [0.05, 0.1) is 16.7 Å². The van der Waals surface area contributed by atoms with Crippen LogP contribution in [0.5, 0.6) is 5.75 Å². The number of ether oxygens (including phenoxy) is 1. The Bertz CT molecular complexity index is 827. The van der Waals surface area contributed by atoms with Crippen molar-refractivity contribution in [3.8, 4) is 11.8 Å². The van der Waals surface area contributed by atoms with Crippen LogP contribution in [0.15, 0.2) is 54.2 Å². The molecule has 0 atom stereocenters. The Morgan fingerprint density at radius 2 is 1.84 bits per heavy atom. The zero-order valence-electron chi connectivity index (χ0n) is 13.3. The molecule has 0 heterocycles. The van der Waals surface area contributed by atoms with Gasteiger partial charge in [0, 0.05) is 17.6 Å². The second kappa shape index (κ2) is 8.97. The maximum absolute atomic E-state index is 12.2. The van der Waals surface area contributed by atoms with Crippen LogP contribution in [0.1, 0.15) is 6.92 Å². The molecule has 7 heteroatoms. The third-order valence-electron chi connectivity index (χ3n) is 3.09. The number of amides is 1. The van der Waals surface area contributed by atoms with Gasteiger partial charge < -0.3 is 15.4 Å². The molecule has 0 aliphatic heterocycles. The average molecular weight is 376 g/mol. The largest absolute Gasteiger partial charge is 0.494 e. The Kier molecular flexibility index (Phi) is 6.70. The van der Waals surface area contributed by atoms with Crippen molar-refractivity contribution in [3.63, 3.8) is 0 Å². The van der Waals surface area contributed by atoms with Gasteiger partial charge in [0.1, 0.15) is 17.4 Å². The lowest BCUT2D eigenvalue weighted by Crippen LogP contribution is -2.14. The lowest BCUT2D eigenvalue weighted by molar-refractivity contribution is -0.112. The van der Waals surface area contributed by atoms with Crippen LogP contribution in [0.3, 0.4) is 0 Å². The highest BCUT2D eigenvalue weighted by Gasteiger charge is 2.10. The summed E-state index contributed by atoms with van der Waals surface area (Å²) in [5.41, 5.74) is 1.08. The number of halogens is 2. The van der Waals surface area contributed by atoms with E-state index < -0.39 is 5.91 Å². The molecule has 5 nitrogen and oxygen atoms in total. The van der Waals surface area contributed by atoms with Crippen molar-refractivity contribution in [2.75, 3.05) is 17.2 Å². The average Bonchev–Trinajstić information content (AvgIpc) is 2.60. The Balaban J connectivity index is 2.04. The molecule has 1 amide bonds. The lowest BCUT2D eigenvalue weighted by Gasteiger charge is -2.07. The minimum Gasteiger partial charge on any atom is -0.494 e. The van der Waals surface area contributed by atoms with E-state index >= 15 is 0 Å². The first-order chi connectivity index (χ1) is 12.0. The fourth-order valence-electron chi connectivity index (χ4n) is 1.89. The van der Waals surface area contributed by atoms with E-state index in [4.69, 9.17) is 27.9 Å². The highest BCUT2D eigenvalue weighted by atomic mass is 35.5. The van der Waals surface area contributed by atoms with E-state index in [1.807, 2.05) is 13.0 Å². The van der Waals surface area contributed by atoms with E-state index in [1.165, 1.54) is 12.3 Å². The van der Waals surface area contributed by atoms with Crippen molar-refractivity contribution in [2.45, 2.75) is 6.92 Å². The zero-order valence-corrected chi connectivity index (χ0v) is 14.9. The topological polar surface area (TPSA) is 74.1 Å². The van der Waals surface area contributed by atoms with Crippen LogP contribution in [-0.2, 0) is 4.79 Å². The molecule has 2 aromatic rings. The Hall–Kier alpha value is -2.68. The number of benzene rings is 2.